The van der Waals surface area contributed by atoms with E-state index < -0.39 is 11.6 Å². The molecule has 1 spiro atoms. The van der Waals surface area contributed by atoms with E-state index in [0.29, 0.717) is 13.0 Å². The fourth-order valence-corrected chi connectivity index (χ4v) is 2.93. The van der Waals surface area contributed by atoms with Crippen LogP contribution in [0.25, 0.3) is 0 Å². The van der Waals surface area contributed by atoms with Crippen molar-refractivity contribution in [3.8, 4) is 5.75 Å². The van der Waals surface area contributed by atoms with Gasteiger partial charge in [0.05, 0.1) is 6.61 Å². The highest BCUT2D eigenvalue weighted by atomic mass is 16.5. The van der Waals surface area contributed by atoms with E-state index in [2.05, 4.69) is 17.6 Å². The van der Waals surface area contributed by atoms with Gasteiger partial charge in [-0.2, -0.15) is 0 Å². The molecule has 106 valence electrons. The normalized spacial score (nSPS) is 23.6. The summed E-state index contributed by atoms with van der Waals surface area (Å²) < 4.78 is 5.68. The number of hydrogen-bond acceptors (Lipinski definition) is 3. The Kier molecular flexibility index (Phi) is 3.12. The summed E-state index contributed by atoms with van der Waals surface area (Å²) in [6.07, 6.45) is 3.51. The van der Waals surface area contributed by atoms with Crippen LogP contribution in [0.2, 0.25) is 0 Å². The third-order valence-electron chi connectivity index (χ3n) is 4.01. The number of urea groups is 1. The molecule has 0 bridgehead atoms. The molecule has 5 nitrogen and oxygen atoms in total. The summed E-state index contributed by atoms with van der Waals surface area (Å²) in [5.41, 5.74) is 1.11. The van der Waals surface area contributed by atoms with Crippen molar-refractivity contribution < 1.29 is 14.3 Å². The maximum Gasteiger partial charge on any atom is 0.322 e. The molecule has 3 rings (SSSR count). The molecule has 1 aromatic rings. The van der Waals surface area contributed by atoms with Crippen molar-refractivity contribution in [3.63, 3.8) is 0 Å². The van der Waals surface area contributed by atoms with E-state index in [1.54, 1.807) is 0 Å². The predicted octanol–water partition coefficient (Wildman–Crippen LogP) is 1.85. The summed E-state index contributed by atoms with van der Waals surface area (Å²) in [5, 5.41) is 5.09. The molecule has 1 aliphatic heterocycles. The average Bonchev–Trinajstić information content (AvgIpc) is 2.92. The monoisotopic (exact) mass is 274 g/mol. The summed E-state index contributed by atoms with van der Waals surface area (Å²) in [5.74, 6) is 0.583. The second-order valence-electron chi connectivity index (χ2n) is 5.33. The lowest BCUT2D eigenvalue weighted by molar-refractivity contribution is -0.124. The number of unbranched alkanes of at least 4 members (excludes halogenated alkanes) is 1. The molecule has 1 aliphatic carbocycles. The smallest absolute Gasteiger partial charge is 0.322 e. The summed E-state index contributed by atoms with van der Waals surface area (Å²) >= 11 is 0. The van der Waals surface area contributed by atoms with Gasteiger partial charge in [-0.05, 0) is 42.5 Å². The third kappa shape index (κ3) is 1.94. The zero-order valence-corrected chi connectivity index (χ0v) is 11.5. The zero-order valence-electron chi connectivity index (χ0n) is 11.5. The first-order chi connectivity index (χ1) is 9.65. The molecule has 0 aromatic heterocycles. The molecule has 0 saturated carbocycles. The maximum absolute atomic E-state index is 12.0. The van der Waals surface area contributed by atoms with Crippen LogP contribution in [0.3, 0.4) is 0 Å². The van der Waals surface area contributed by atoms with E-state index in [0.717, 1.165) is 36.1 Å². The van der Waals surface area contributed by atoms with Crippen molar-refractivity contribution in [3.05, 3.63) is 29.3 Å². The quantitative estimate of drug-likeness (QED) is 0.650. The highest BCUT2D eigenvalue weighted by molar-refractivity contribution is 6.08. The minimum Gasteiger partial charge on any atom is -0.494 e. The number of fused-ring (bicyclic) bond motifs is 2. The number of amides is 3. The number of nitrogens with one attached hydrogen (secondary N) is 2. The van der Waals surface area contributed by atoms with E-state index in [4.69, 9.17) is 4.74 Å². The molecule has 0 radical (unpaired) electrons. The molecule has 2 aliphatic rings. The highest BCUT2D eigenvalue weighted by Gasteiger charge is 2.51. The first-order valence-electron chi connectivity index (χ1n) is 7.05. The Morgan fingerprint density at radius 1 is 1.35 bits per heavy atom. The number of hydrogen-bond donors (Lipinski definition) is 2. The summed E-state index contributed by atoms with van der Waals surface area (Å²) in [4.78, 5) is 23.4. The molecule has 1 unspecified atom stereocenters. The lowest BCUT2D eigenvalue weighted by Gasteiger charge is -2.21. The molecule has 20 heavy (non-hydrogen) atoms. The molecular weight excluding hydrogens is 256 g/mol. The molecule has 1 atom stereocenters. The third-order valence-corrected chi connectivity index (χ3v) is 4.01. The number of carbonyl (C=O) groups excluding carboxylic acids is 2. The Balaban J connectivity index is 1.85. The van der Waals surface area contributed by atoms with Crippen LogP contribution in [0.15, 0.2) is 18.2 Å². The average molecular weight is 274 g/mol. The van der Waals surface area contributed by atoms with Gasteiger partial charge in [0.2, 0.25) is 0 Å². The van der Waals surface area contributed by atoms with Crippen molar-refractivity contribution in [2.24, 2.45) is 0 Å². The molecule has 1 saturated heterocycles. The fourth-order valence-electron chi connectivity index (χ4n) is 2.93. The molecule has 1 aromatic carbocycles. The van der Waals surface area contributed by atoms with Gasteiger partial charge in [-0.25, -0.2) is 4.79 Å². The van der Waals surface area contributed by atoms with Crippen molar-refractivity contribution in [2.75, 3.05) is 6.61 Å². The lowest BCUT2D eigenvalue weighted by atomic mass is 9.92. The van der Waals surface area contributed by atoms with Crippen molar-refractivity contribution in [1.82, 2.24) is 10.6 Å². The Hall–Kier alpha value is -2.04. The van der Waals surface area contributed by atoms with Crippen LogP contribution < -0.4 is 15.4 Å². The van der Waals surface area contributed by atoms with Gasteiger partial charge in [0.25, 0.3) is 5.91 Å². The Labute approximate surface area is 117 Å². The Morgan fingerprint density at radius 3 is 2.90 bits per heavy atom. The number of rotatable bonds is 4. The molecule has 1 fully saturated rings. The number of aryl methyl sites for hydroxylation is 1. The number of benzene rings is 1. The minimum absolute atomic E-state index is 0.249. The van der Waals surface area contributed by atoms with Gasteiger partial charge in [-0.15, -0.1) is 0 Å². The minimum atomic E-state index is -0.867. The van der Waals surface area contributed by atoms with Crippen LogP contribution in [-0.2, 0) is 16.8 Å². The first kappa shape index (κ1) is 13.0. The second kappa shape index (κ2) is 4.81. The number of carbonyl (C=O) groups is 2. The van der Waals surface area contributed by atoms with Gasteiger partial charge >= 0.3 is 6.03 Å². The van der Waals surface area contributed by atoms with Gasteiger partial charge in [0.15, 0.2) is 0 Å². The maximum atomic E-state index is 12.0. The van der Waals surface area contributed by atoms with E-state index in [1.807, 2.05) is 18.2 Å². The first-order valence-corrected chi connectivity index (χ1v) is 7.05. The van der Waals surface area contributed by atoms with Gasteiger partial charge in [0, 0.05) is 0 Å². The van der Waals surface area contributed by atoms with Crippen LogP contribution in [-0.4, -0.2) is 18.5 Å². The molecule has 2 N–H and O–H groups in total. The predicted molar refractivity (Wildman–Crippen MR) is 73.5 cm³/mol. The fraction of sp³-hybridized carbons (Fsp3) is 0.467. The van der Waals surface area contributed by atoms with E-state index in [9.17, 15) is 9.59 Å². The largest absolute Gasteiger partial charge is 0.494 e. The van der Waals surface area contributed by atoms with Crippen molar-refractivity contribution >= 4 is 11.9 Å². The van der Waals surface area contributed by atoms with Crippen LogP contribution in [0.5, 0.6) is 5.75 Å². The van der Waals surface area contributed by atoms with E-state index in [1.165, 1.54) is 0 Å². The summed E-state index contributed by atoms with van der Waals surface area (Å²) in [6.45, 7) is 2.83. The van der Waals surface area contributed by atoms with Crippen molar-refractivity contribution in [1.29, 1.82) is 0 Å². The topological polar surface area (TPSA) is 67.4 Å². The molecular formula is C15H18N2O3. The van der Waals surface area contributed by atoms with E-state index in [-0.39, 0.29) is 5.91 Å². The Bertz CT molecular complexity index is 570. The van der Waals surface area contributed by atoms with Crippen molar-refractivity contribution in [2.45, 2.75) is 38.1 Å². The van der Waals surface area contributed by atoms with E-state index >= 15 is 0 Å². The molecule has 5 heteroatoms. The lowest BCUT2D eigenvalue weighted by Crippen LogP contribution is -2.41. The second-order valence-corrected chi connectivity index (χ2v) is 5.33. The Morgan fingerprint density at radius 2 is 2.20 bits per heavy atom. The van der Waals surface area contributed by atoms with Gasteiger partial charge in [0.1, 0.15) is 11.3 Å². The van der Waals surface area contributed by atoms with Crippen LogP contribution in [0.4, 0.5) is 4.79 Å². The SMILES string of the molecule is CCCCOc1ccc2c(c1)CCC21NC(=O)NC1=O. The van der Waals surface area contributed by atoms with Crippen LogP contribution >= 0.6 is 0 Å². The van der Waals surface area contributed by atoms with Gasteiger partial charge < -0.3 is 10.1 Å². The molecule has 3 amide bonds. The molecule has 1 heterocycles. The number of ether oxygens (including phenoxy) is 1. The van der Waals surface area contributed by atoms with Gasteiger partial charge in [-0.3, -0.25) is 10.1 Å². The van der Waals surface area contributed by atoms with Crippen LogP contribution in [0, 0.1) is 0 Å². The number of imide groups is 1. The van der Waals surface area contributed by atoms with Gasteiger partial charge in [-0.1, -0.05) is 19.4 Å². The summed E-state index contributed by atoms with van der Waals surface area (Å²) in [7, 11) is 0. The zero-order chi connectivity index (χ0) is 14.2. The highest BCUT2D eigenvalue weighted by Crippen LogP contribution is 2.40. The standard InChI is InChI=1S/C15H18N2O3/c1-2-3-8-20-11-4-5-12-10(9-11)6-7-15(12)13(18)16-14(19)17-15/h4-5,9H,2-3,6-8H2,1H3,(H2,16,17,18,19). The summed E-state index contributed by atoms with van der Waals surface area (Å²) in [6, 6.07) is 5.34. The van der Waals surface area contributed by atoms with Crippen LogP contribution in [0.1, 0.15) is 37.3 Å².